The lowest BCUT2D eigenvalue weighted by atomic mass is 10.0. The minimum Gasteiger partial charge on any atom is -0.368 e. The van der Waals surface area contributed by atoms with E-state index in [1.165, 1.54) is 6.07 Å². The van der Waals surface area contributed by atoms with Gasteiger partial charge >= 0.3 is 0 Å². The molecule has 0 aliphatic heterocycles. The van der Waals surface area contributed by atoms with Gasteiger partial charge in [0.15, 0.2) is 0 Å². The zero-order chi connectivity index (χ0) is 21.9. The smallest absolute Gasteiger partial charge is 0.265 e. The van der Waals surface area contributed by atoms with Crippen LogP contribution in [0.3, 0.4) is 0 Å². The van der Waals surface area contributed by atoms with Crippen molar-refractivity contribution in [3.8, 4) is 0 Å². The summed E-state index contributed by atoms with van der Waals surface area (Å²) in [5.74, 6) is -0.772. The van der Waals surface area contributed by atoms with Crippen molar-refractivity contribution < 1.29 is 13.2 Å². The summed E-state index contributed by atoms with van der Waals surface area (Å²) >= 11 is 12.5. The molecule has 3 rings (SSSR count). The quantitative estimate of drug-likeness (QED) is 0.557. The average Bonchev–Trinajstić information content (AvgIpc) is 2.68. The van der Waals surface area contributed by atoms with Gasteiger partial charge in [0.25, 0.3) is 10.0 Å². The number of amides is 1. The van der Waals surface area contributed by atoms with E-state index in [4.69, 9.17) is 28.9 Å². The Balaban J connectivity index is 2.17. The Hall–Kier alpha value is -2.54. The van der Waals surface area contributed by atoms with E-state index in [1.807, 2.05) is 18.2 Å². The molecule has 5 nitrogen and oxygen atoms in total. The average molecular weight is 463 g/mol. The number of hydrogen-bond acceptors (Lipinski definition) is 3. The first kappa shape index (κ1) is 22.2. The van der Waals surface area contributed by atoms with E-state index in [2.05, 4.69) is 0 Å². The van der Waals surface area contributed by atoms with Gasteiger partial charge in [0.2, 0.25) is 5.91 Å². The zero-order valence-corrected chi connectivity index (χ0v) is 18.5. The Morgan fingerprint density at radius 1 is 0.967 bits per heavy atom. The molecule has 0 saturated heterocycles. The maximum absolute atomic E-state index is 13.5. The second-order valence-electron chi connectivity index (χ2n) is 6.78. The van der Waals surface area contributed by atoms with E-state index < -0.39 is 22.5 Å². The van der Waals surface area contributed by atoms with Crippen molar-refractivity contribution in [3.63, 3.8) is 0 Å². The molecule has 0 aromatic heterocycles. The van der Waals surface area contributed by atoms with Crippen LogP contribution in [0.5, 0.6) is 0 Å². The van der Waals surface area contributed by atoms with Gasteiger partial charge in [-0.05, 0) is 53.9 Å². The van der Waals surface area contributed by atoms with Crippen LogP contribution < -0.4 is 10.0 Å². The number of hydrogen-bond donors (Lipinski definition) is 1. The minimum atomic E-state index is -4.06. The lowest BCUT2D eigenvalue weighted by Gasteiger charge is -2.26. The first-order valence-electron chi connectivity index (χ1n) is 9.08. The summed E-state index contributed by atoms with van der Waals surface area (Å²) in [5.41, 5.74) is 7.70. The van der Waals surface area contributed by atoms with Gasteiger partial charge in [-0.2, -0.15) is 0 Å². The largest absolute Gasteiger partial charge is 0.368 e. The first-order chi connectivity index (χ1) is 14.2. The van der Waals surface area contributed by atoms with Crippen molar-refractivity contribution in [1.29, 1.82) is 0 Å². The van der Waals surface area contributed by atoms with Crippen molar-refractivity contribution in [2.75, 3.05) is 10.8 Å². The molecule has 156 valence electrons. The standard InChI is InChI=1S/C22H20Cl2N2O3S/c1-15-6-2-5-9-21(15)30(28,29)26(14-22(25)27)20-11-10-18(23)13-17(20)12-16-7-3-4-8-19(16)24/h2-11,13H,12,14H2,1H3,(H2,25,27). The SMILES string of the molecule is Cc1ccccc1S(=O)(=O)N(CC(N)=O)c1ccc(Cl)cc1Cc1ccccc1Cl. The molecule has 0 spiro atoms. The van der Waals surface area contributed by atoms with Crippen LogP contribution >= 0.6 is 23.2 Å². The topological polar surface area (TPSA) is 80.5 Å². The Morgan fingerprint density at radius 3 is 2.30 bits per heavy atom. The molecule has 30 heavy (non-hydrogen) atoms. The lowest BCUT2D eigenvalue weighted by Crippen LogP contribution is -2.39. The molecule has 0 unspecified atom stereocenters. The normalized spacial score (nSPS) is 11.3. The van der Waals surface area contributed by atoms with Crippen LogP contribution in [0.25, 0.3) is 0 Å². The molecule has 3 aromatic rings. The highest BCUT2D eigenvalue weighted by atomic mass is 35.5. The number of carbonyl (C=O) groups is 1. The highest BCUT2D eigenvalue weighted by Crippen LogP contribution is 2.32. The molecule has 0 fully saturated rings. The highest BCUT2D eigenvalue weighted by Gasteiger charge is 2.29. The van der Waals surface area contributed by atoms with Crippen LogP contribution in [0.15, 0.2) is 71.6 Å². The molecule has 8 heteroatoms. The number of nitrogens with zero attached hydrogens (tertiary/aromatic N) is 1. The number of benzene rings is 3. The van der Waals surface area contributed by atoms with E-state index in [0.29, 0.717) is 33.3 Å². The fraction of sp³-hybridized carbons (Fsp3) is 0.136. The fourth-order valence-electron chi connectivity index (χ4n) is 3.19. The maximum Gasteiger partial charge on any atom is 0.265 e. The summed E-state index contributed by atoms with van der Waals surface area (Å²) in [5, 5.41) is 0.986. The van der Waals surface area contributed by atoms with Gasteiger partial charge in [0.1, 0.15) is 6.54 Å². The maximum atomic E-state index is 13.5. The van der Waals surface area contributed by atoms with Crippen LogP contribution in [0.4, 0.5) is 5.69 Å². The number of nitrogens with two attached hydrogens (primary N) is 1. The van der Waals surface area contributed by atoms with Gasteiger partial charge < -0.3 is 5.73 Å². The summed E-state index contributed by atoms with van der Waals surface area (Å²) in [6.45, 7) is 1.19. The van der Waals surface area contributed by atoms with Crippen LogP contribution in [0, 0.1) is 6.92 Å². The highest BCUT2D eigenvalue weighted by molar-refractivity contribution is 7.93. The van der Waals surface area contributed by atoms with Crippen molar-refractivity contribution in [2.45, 2.75) is 18.2 Å². The summed E-state index contributed by atoms with van der Waals surface area (Å²) in [4.78, 5) is 11.9. The predicted octanol–water partition coefficient (Wildman–Crippen LogP) is 4.57. The predicted molar refractivity (Wildman–Crippen MR) is 121 cm³/mol. The number of sulfonamides is 1. The van der Waals surface area contributed by atoms with Gasteiger partial charge in [0, 0.05) is 16.5 Å². The fourth-order valence-corrected chi connectivity index (χ4v) is 5.29. The van der Waals surface area contributed by atoms with Crippen LogP contribution in [0.2, 0.25) is 10.0 Å². The molecule has 0 aliphatic rings. The number of aryl methyl sites for hydroxylation is 1. The Bertz CT molecular complexity index is 1200. The Kier molecular flexibility index (Phi) is 6.71. The van der Waals surface area contributed by atoms with E-state index in [0.717, 1.165) is 9.87 Å². The molecule has 0 radical (unpaired) electrons. The summed E-state index contributed by atoms with van der Waals surface area (Å²) in [6, 6.07) is 18.7. The second-order valence-corrected chi connectivity index (χ2v) is 9.46. The van der Waals surface area contributed by atoms with Gasteiger partial charge in [-0.15, -0.1) is 0 Å². The van der Waals surface area contributed by atoms with Crippen molar-refractivity contribution in [2.24, 2.45) is 5.73 Å². The zero-order valence-electron chi connectivity index (χ0n) is 16.2. The van der Waals surface area contributed by atoms with E-state index in [1.54, 1.807) is 49.4 Å². The summed E-state index contributed by atoms with van der Waals surface area (Å²) in [6.07, 6.45) is 0.328. The molecule has 0 aliphatic carbocycles. The number of primary amides is 1. The number of rotatable bonds is 7. The molecule has 0 heterocycles. The molecule has 0 atom stereocenters. The first-order valence-corrected chi connectivity index (χ1v) is 11.3. The molecular weight excluding hydrogens is 443 g/mol. The van der Waals surface area contributed by atoms with Gasteiger partial charge in [0.05, 0.1) is 10.6 Å². The van der Waals surface area contributed by atoms with Crippen LogP contribution in [0.1, 0.15) is 16.7 Å². The van der Waals surface area contributed by atoms with E-state index in [-0.39, 0.29) is 4.90 Å². The third-order valence-corrected chi connectivity index (χ3v) is 7.13. The second kappa shape index (κ2) is 9.08. The molecule has 2 N–H and O–H groups in total. The number of anilines is 1. The van der Waals surface area contributed by atoms with Crippen molar-refractivity contribution >= 4 is 44.8 Å². The van der Waals surface area contributed by atoms with E-state index >= 15 is 0 Å². The van der Waals surface area contributed by atoms with Crippen LogP contribution in [-0.2, 0) is 21.2 Å². The lowest BCUT2D eigenvalue weighted by molar-refractivity contribution is -0.116. The van der Waals surface area contributed by atoms with E-state index in [9.17, 15) is 13.2 Å². The van der Waals surface area contributed by atoms with Crippen LogP contribution in [-0.4, -0.2) is 20.9 Å². The summed E-state index contributed by atoms with van der Waals surface area (Å²) < 4.78 is 28.0. The van der Waals surface area contributed by atoms with Crippen molar-refractivity contribution in [3.05, 3.63) is 93.5 Å². The van der Waals surface area contributed by atoms with Gasteiger partial charge in [-0.25, -0.2) is 8.42 Å². The number of halogens is 2. The van der Waals surface area contributed by atoms with Crippen molar-refractivity contribution in [1.82, 2.24) is 0 Å². The van der Waals surface area contributed by atoms with Gasteiger partial charge in [-0.1, -0.05) is 59.6 Å². The Morgan fingerprint density at radius 2 is 1.63 bits per heavy atom. The molecule has 1 amide bonds. The molecule has 0 bridgehead atoms. The molecule has 0 saturated carbocycles. The Labute approximate surface area is 186 Å². The minimum absolute atomic E-state index is 0.102. The van der Waals surface area contributed by atoms with Gasteiger partial charge in [-0.3, -0.25) is 9.10 Å². The summed E-state index contributed by atoms with van der Waals surface area (Å²) in [7, 11) is -4.06. The monoisotopic (exact) mass is 462 g/mol. The molecule has 3 aromatic carbocycles. The third kappa shape index (κ3) is 4.78. The number of carbonyl (C=O) groups excluding carboxylic acids is 1. The third-order valence-electron chi connectivity index (χ3n) is 4.61. The molecular formula is C22H20Cl2N2O3S.